The second-order valence-corrected chi connectivity index (χ2v) is 7.59. The lowest BCUT2D eigenvalue weighted by atomic mass is 10.1. The quantitative estimate of drug-likeness (QED) is 0.497. The van der Waals surface area contributed by atoms with Crippen molar-refractivity contribution in [2.75, 3.05) is 0 Å². The fourth-order valence-electron chi connectivity index (χ4n) is 3.16. The van der Waals surface area contributed by atoms with E-state index in [9.17, 15) is 14.4 Å². The Morgan fingerprint density at radius 1 is 1.29 bits per heavy atom. The van der Waals surface area contributed by atoms with Crippen molar-refractivity contribution in [3.8, 4) is 11.8 Å². The molecule has 28 heavy (non-hydrogen) atoms. The van der Waals surface area contributed by atoms with E-state index >= 15 is 0 Å². The maximum Gasteiger partial charge on any atom is 0.262 e. The predicted molar refractivity (Wildman–Crippen MR) is 109 cm³/mol. The summed E-state index contributed by atoms with van der Waals surface area (Å²) in [6.07, 6.45) is 5.72. The normalized spacial score (nSPS) is 14.5. The van der Waals surface area contributed by atoms with E-state index in [0.717, 1.165) is 31.2 Å². The van der Waals surface area contributed by atoms with Crippen LogP contribution < -0.4 is 10.1 Å². The molecule has 1 amide bonds. The summed E-state index contributed by atoms with van der Waals surface area (Å²) in [5.74, 6) is -0.0483. The minimum Gasteiger partial charge on any atom is -0.488 e. The van der Waals surface area contributed by atoms with Crippen molar-refractivity contribution in [3.63, 3.8) is 0 Å². The molecule has 1 N–H and O–H groups in total. The van der Waals surface area contributed by atoms with Gasteiger partial charge in [0, 0.05) is 6.04 Å². The Labute approximate surface area is 172 Å². The highest BCUT2D eigenvalue weighted by Crippen LogP contribution is 2.28. The van der Waals surface area contributed by atoms with Crippen molar-refractivity contribution >= 4 is 27.9 Å². The molecule has 0 aliphatic heterocycles. The predicted octanol–water partition coefficient (Wildman–Crippen LogP) is 5.13. The fourth-order valence-corrected chi connectivity index (χ4v) is 3.67. The molecule has 0 saturated heterocycles. The van der Waals surface area contributed by atoms with Gasteiger partial charge in [-0.3, -0.25) is 4.79 Å². The maximum absolute atomic E-state index is 13.2. The van der Waals surface area contributed by atoms with E-state index in [1.54, 1.807) is 36.4 Å². The molecule has 1 aliphatic rings. The van der Waals surface area contributed by atoms with Gasteiger partial charge in [0.05, 0.1) is 4.47 Å². The van der Waals surface area contributed by atoms with Crippen molar-refractivity contribution in [2.24, 2.45) is 0 Å². The van der Waals surface area contributed by atoms with Crippen LogP contribution in [0.1, 0.15) is 36.8 Å². The molecular formula is C22H20BrFN2O2. The molecule has 1 saturated carbocycles. The molecule has 2 aromatic carbocycles. The van der Waals surface area contributed by atoms with Gasteiger partial charge in [-0.15, -0.1) is 0 Å². The molecule has 0 heterocycles. The molecule has 0 aromatic heterocycles. The second-order valence-electron chi connectivity index (χ2n) is 6.73. The molecule has 0 bridgehead atoms. The molecule has 2 aromatic rings. The first-order valence-corrected chi connectivity index (χ1v) is 9.94. The van der Waals surface area contributed by atoms with Gasteiger partial charge in [-0.25, -0.2) is 4.39 Å². The molecule has 0 radical (unpaired) electrons. The Hall–Kier alpha value is -2.65. The van der Waals surface area contributed by atoms with Crippen LogP contribution in [-0.2, 0) is 11.4 Å². The van der Waals surface area contributed by atoms with Crippen molar-refractivity contribution < 1.29 is 13.9 Å². The van der Waals surface area contributed by atoms with Crippen molar-refractivity contribution in [1.82, 2.24) is 5.32 Å². The van der Waals surface area contributed by atoms with E-state index in [4.69, 9.17) is 4.74 Å². The zero-order chi connectivity index (χ0) is 19.9. The number of hydrogen-bond donors (Lipinski definition) is 1. The first-order chi connectivity index (χ1) is 13.5. The number of halogens is 2. The Morgan fingerprint density at radius 3 is 2.75 bits per heavy atom. The van der Waals surface area contributed by atoms with Crippen LogP contribution in [0.5, 0.6) is 5.75 Å². The number of rotatable bonds is 6. The lowest BCUT2D eigenvalue weighted by molar-refractivity contribution is -0.117. The average molecular weight is 443 g/mol. The molecule has 144 valence electrons. The highest BCUT2D eigenvalue weighted by Gasteiger charge is 2.19. The molecule has 3 rings (SSSR count). The van der Waals surface area contributed by atoms with Crippen LogP contribution in [0, 0.1) is 17.1 Å². The average Bonchev–Trinajstić information content (AvgIpc) is 3.18. The molecule has 4 nitrogen and oxygen atoms in total. The van der Waals surface area contributed by atoms with E-state index < -0.39 is 0 Å². The van der Waals surface area contributed by atoms with Gasteiger partial charge < -0.3 is 10.1 Å². The Kier molecular flexibility index (Phi) is 6.83. The molecule has 0 atom stereocenters. The van der Waals surface area contributed by atoms with Crippen LogP contribution in [0.2, 0.25) is 0 Å². The Bertz CT molecular complexity index is 930. The zero-order valence-electron chi connectivity index (χ0n) is 15.3. The standard InChI is InChI=1S/C22H20BrFN2O2/c23-20-12-15(10-17(13-25)22(27)26-19-6-1-2-7-19)8-9-21(20)28-14-16-4-3-5-18(24)11-16/h3-5,8-12,19H,1-2,6-7,14H2,(H,26,27)/b17-10-. The number of ether oxygens (including phenoxy) is 1. The SMILES string of the molecule is N#C/C(=C/c1ccc(OCc2cccc(F)c2)c(Br)c1)C(=O)NC1CCCC1. The highest BCUT2D eigenvalue weighted by atomic mass is 79.9. The fraction of sp³-hybridized carbons (Fsp3) is 0.273. The van der Waals surface area contributed by atoms with E-state index in [1.165, 1.54) is 12.1 Å². The number of nitrogens with one attached hydrogen (secondary N) is 1. The minimum absolute atomic E-state index is 0.0761. The molecular weight excluding hydrogens is 423 g/mol. The number of nitriles is 1. The summed E-state index contributed by atoms with van der Waals surface area (Å²) in [6.45, 7) is 0.235. The number of benzene rings is 2. The first-order valence-electron chi connectivity index (χ1n) is 9.14. The first kappa shape index (κ1) is 20.1. The summed E-state index contributed by atoms with van der Waals surface area (Å²) in [7, 11) is 0. The van der Waals surface area contributed by atoms with Crippen molar-refractivity contribution in [2.45, 2.75) is 38.3 Å². The number of carbonyl (C=O) groups is 1. The van der Waals surface area contributed by atoms with Crippen LogP contribution in [0.15, 0.2) is 52.5 Å². The molecule has 1 aliphatic carbocycles. The number of amides is 1. The van der Waals surface area contributed by atoms with Gasteiger partial charge in [-0.05, 0) is 70.2 Å². The molecule has 1 fully saturated rings. The Morgan fingerprint density at radius 2 is 2.07 bits per heavy atom. The third-order valence-electron chi connectivity index (χ3n) is 4.61. The third kappa shape index (κ3) is 5.43. The van der Waals surface area contributed by atoms with Crippen LogP contribution in [-0.4, -0.2) is 11.9 Å². The van der Waals surface area contributed by atoms with E-state index in [2.05, 4.69) is 21.2 Å². The van der Waals surface area contributed by atoms with E-state index in [-0.39, 0.29) is 29.9 Å². The van der Waals surface area contributed by atoms with Crippen molar-refractivity contribution in [3.05, 3.63) is 69.5 Å². The van der Waals surface area contributed by atoms with Gasteiger partial charge in [0.15, 0.2) is 0 Å². The third-order valence-corrected chi connectivity index (χ3v) is 5.23. The van der Waals surface area contributed by atoms with Crippen molar-refractivity contribution in [1.29, 1.82) is 5.26 Å². The van der Waals surface area contributed by atoms with Crippen LogP contribution in [0.4, 0.5) is 4.39 Å². The van der Waals surface area contributed by atoms with E-state index in [0.29, 0.717) is 15.8 Å². The van der Waals surface area contributed by atoms with Gasteiger partial charge in [0.1, 0.15) is 29.8 Å². The van der Waals surface area contributed by atoms with Crippen LogP contribution in [0.3, 0.4) is 0 Å². The monoisotopic (exact) mass is 442 g/mol. The summed E-state index contributed by atoms with van der Waals surface area (Å²) >= 11 is 3.44. The number of carbonyl (C=O) groups excluding carboxylic acids is 1. The highest BCUT2D eigenvalue weighted by molar-refractivity contribution is 9.10. The molecule has 6 heteroatoms. The second kappa shape index (κ2) is 9.52. The number of hydrogen-bond acceptors (Lipinski definition) is 3. The van der Waals surface area contributed by atoms with Crippen LogP contribution >= 0.6 is 15.9 Å². The van der Waals surface area contributed by atoms with Gasteiger partial charge in [0.25, 0.3) is 5.91 Å². The summed E-state index contributed by atoms with van der Waals surface area (Å²) in [6, 6.07) is 13.7. The summed E-state index contributed by atoms with van der Waals surface area (Å²) in [5, 5.41) is 12.3. The maximum atomic E-state index is 13.2. The van der Waals surface area contributed by atoms with Gasteiger partial charge in [-0.2, -0.15) is 5.26 Å². The molecule has 0 unspecified atom stereocenters. The minimum atomic E-state index is -0.336. The smallest absolute Gasteiger partial charge is 0.262 e. The van der Waals surface area contributed by atoms with Crippen LogP contribution in [0.25, 0.3) is 6.08 Å². The summed E-state index contributed by atoms with van der Waals surface area (Å²) < 4.78 is 19.7. The zero-order valence-corrected chi connectivity index (χ0v) is 16.8. The summed E-state index contributed by atoms with van der Waals surface area (Å²) in [4.78, 5) is 12.3. The Balaban J connectivity index is 1.67. The topological polar surface area (TPSA) is 62.1 Å². The van der Waals surface area contributed by atoms with Gasteiger partial charge in [-0.1, -0.05) is 31.0 Å². The largest absolute Gasteiger partial charge is 0.488 e. The molecule has 0 spiro atoms. The van der Waals surface area contributed by atoms with E-state index in [1.807, 2.05) is 6.07 Å². The lowest BCUT2D eigenvalue weighted by Gasteiger charge is -2.11. The number of nitrogens with zero attached hydrogens (tertiary/aromatic N) is 1. The van der Waals surface area contributed by atoms with Gasteiger partial charge in [0.2, 0.25) is 0 Å². The van der Waals surface area contributed by atoms with Gasteiger partial charge >= 0.3 is 0 Å². The summed E-state index contributed by atoms with van der Waals surface area (Å²) in [5.41, 5.74) is 1.52. The lowest BCUT2D eigenvalue weighted by Crippen LogP contribution is -2.33.